The van der Waals surface area contributed by atoms with Crippen molar-refractivity contribution in [1.82, 2.24) is 9.55 Å². The lowest BCUT2D eigenvalue weighted by Crippen LogP contribution is -1.85. The number of hydrogen-bond acceptors (Lipinski definition) is 1. The summed E-state index contributed by atoms with van der Waals surface area (Å²) in [6, 6.07) is 16.5. The number of rotatable bonds is 2. The molecule has 3 heteroatoms. The summed E-state index contributed by atoms with van der Waals surface area (Å²) in [7, 11) is 2.08. The van der Waals surface area contributed by atoms with Gasteiger partial charge in [0.1, 0.15) is 0 Å². The van der Waals surface area contributed by atoms with Gasteiger partial charge in [-0.05, 0) is 23.8 Å². The van der Waals surface area contributed by atoms with Crippen molar-refractivity contribution in [3.63, 3.8) is 0 Å². The number of nitrogens with zero attached hydrogens (tertiary/aromatic N) is 1. The first-order valence-corrected chi connectivity index (χ1v) is 7.31. The highest BCUT2D eigenvalue weighted by molar-refractivity contribution is 6.00. The number of anilines is 1. The molecule has 0 spiro atoms. The average Bonchev–Trinajstić information content (AvgIpc) is 3.13. The summed E-state index contributed by atoms with van der Waals surface area (Å²) in [5.41, 5.74) is 12.7. The summed E-state index contributed by atoms with van der Waals surface area (Å²) in [5.74, 6) is 0. The van der Waals surface area contributed by atoms with Crippen molar-refractivity contribution in [2.45, 2.75) is 0 Å². The van der Waals surface area contributed by atoms with Gasteiger partial charge in [0, 0.05) is 58.9 Å². The van der Waals surface area contributed by atoms with Crippen LogP contribution in [0, 0.1) is 0 Å². The van der Waals surface area contributed by atoms with Gasteiger partial charge in [0.25, 0.3) is 0 Å². The predicted molar refractivity (Wildman–Crippen MR) is 92.6 cm³/mol. The van der Waals surface area contributed by atoms with Crippen LogP contribution in [-0.2, 0) is 7.05 Å². The molecule has 3 N–H and O–H groups in total. The van der Waals surface area contributed by atoms with Gasteiger partial charge in [-0.1, -0.05) is 30.3 Å². The van der Waals surface area contributed by atoms with E-state index in [1.165, 1.54) is 27.6 Å². The monoisotopic (exact) mass is 287 g/mol. The standard InChI is InChI=1S/C19H17N3/c1-22-12-18(15-7-2-3-8-19(15)22)17-11-21-10-16(17)13-5-4-6-14(20)9-13/h2-12,21H,20H2,1H3. The summed E-state index contributed by atoms with van der Waals surface area (Å²) in [4.78, 5) is 3.24. The van der Waals surface area contributed by atoms with Crippen molar-refractivity contribution in [2.24, 2.45) is 7.05 Å². The molecule has 0 aliphatic heterocycles. The Morgan fingerprint density at radius 2 is 1.73 bits per heavy atom. The lowest BCUT2D eigenvalue weighted by molar-refractivity contribution is 0.970. The second-order valence-electron chi connectivity index (χ2n) is 5.58. The minimum absolute atomic E-state index is 0.780. The number of nitrogens with two attached hydrogens (primary N) is 1. The average molecular weight is 287 g/mol. The van der Waals surface area contributed by atoms with Crippen LogP contribution in [0.25, 0.3) is 33.2 Å². The zero-order valence-electron chi connectivity index (χ0n) is 12.4. The summed E-state index contributed by atoms with van der Waals surface area (Å²) in [6.07, 6.45) is 6.27. The molecule has 0 saturated carbocycles. The van der Waals surface area contributed by atoms with Gasteiger partial charge in [0.2, 0.25) is 0 Å². The Hall–Kier alpha value is -2.94. The summed E-state index contributed by atoms with van der Waals surface area (Å²) in [6.45, 7) is 0. The minimum Gasteiger partial charge on any atom is -0.399 e. The van der Waals surface area contributed by atoms with E-state index < -0.39 is 0 Å². The van der Waals surface area contributed by atoms with Crippen LogP contribution in [0.2, 0.25) is 0 Å². The third-order valence-corrected chi connectivity index (χ3v) is 4.13. The fourth-order valence-corrected chi connectivity index (χ4v) is 3.09. The molecular weight excluding hydrogens is 270 g/mol. The van der Waals surface area contributed by atoms with Gasteiger partial charge >= 0.3 is 0 Å². The maximum Gasteiger partial charge on any atom is 0.0484 e. The highest BCUT2D eigenvalue weighted by Crippen LogP contribution is 2.37. The zero-order valence-corrected chi connectivity index (χ0v) is 12.4. The highest BCUT2D eigenvalue weighted by atomic mass is 14.9. The first kappa shape index (κ1) is 12.8. The molecule has 0 atom stereocenters. The number of nitrogen functional groups attached to an aromatic ring is 1. The van der Waals surface area contributed by atoms with Gasteiger partial charge < -0.3 is 15.3 Å². The molecule has 0 aliphatic carbocycles. The molecule has 108 valence electrons. The Morgan fingerprint density at radius 1 is 0.909 bits per heavy atom. The van der Waals surface area contributed by atoms with Crippen molar-refractivity contribution in [2.75, 3.05) is 5.73 Å². The molecule has 0 unspecified atom stereocenters. The molecular formula is C19H17N3. The number of para-hydroxylation sites is 1. The summed E-state index contributed by atoms with van der Waals surface area (Å²) < 4.78 is 2.17. The molecule has 4 aromatic rings. The summed E-state index contributed by atoms with van der Waals surface area (Å²) >= 11 is 0. The van der Waals surface area contributed by atoms with E-state index in [-0.39, 0.29) is 0 Å². The molecule has 2 heterocycles. The Morgan fingerprint density at radius 3 is 2.59 bits per heavy atom. The van der Waals surface area contributed by atoms with E-state index >= 15 is 0 Å². The van der Waals surface area contributed by atoms with Crippen molar-refractivity contribution in [1.29, 1.82) is 0 Å². The topological polar surface area (TPSA) is 46.7 Å². The largest absolute Gasteiger partial charge is 0.399 e. The number of H-pyrrole nitrogens is 1. The van der Waals surface area contributed by atoms with Crippen molar-refractivity contribution < 1.29 is 0 Å². The number of aryl methyl sites for hydroxylation is 1. The number of nitrogens with one attached hydrogen (secondary N) is 1. The predicted octanol–water partition coefficient (Wildman–Crippen LogP) is 4.42. The second-order valence-corrected chi connectivity index (χ2v) is 5.58. The molecule has 2 aromatic carbocycles. The van der Waals surface area contributed by atoms with Gasteiger partial charge in [-0.25, -0.2) is 0 Å². The van der Waals surface area contributed by atoms with Gasteiger partial charge in [0.15, 0.2) is 0 Å². The Labute approximate surface area is 129 Å². The molecule has 4 rings (SSSR count). The van der Waals surface area contributed by atoms with Crippen molar-refractivity contribution >= 4 is 16.6 Å². The van der Waals surface area contributed by atoms with Crippen molar-refractivity contribution in [3.05, 3.63) is 67.1 Å². The number of aromatic amines is 1. The number of benzene rings is 2. The van der Waals surface area contributed by atoms with E-state index in [2.05, 4.69) is 59.3 Å². The zero-order chi connectivity index (χ0) is 15.1. The van der Waals surface area contributed by atoms with Crippen LogP contribution in [0.5, 0.6) is 0 Å². The molecule has 0 aliphatic rings. The van der Waals surface area contributed by atoms with E-state index in [1.54, 1.807) is 0 Å². The van der Waals surface area contributed by atoms with Crippen LogP contribution < -0.4 is 5.73 Å². The van der Waals surface area contributed by atoms with Crippen LogP contribution in [0.15, 0.2) is 67.1 Å². The molecule has 0 radical (unpaired) electrons. The van der Waals surface area contributed by atoms with E-state index in [0.29, 0.717) is 0 Å². The van der Waals surface area contributed by atoms with Crippen LogP contribution in [0.3, 0.4) is 0 Å². The number of aromatic nitrogens is 2. The fourth-order valence-electron chi connectivity index (χ4n) is 3.09. The van der Waals surface area contributed by atoms with E-state index in [1.807, 2.05) is 24.4 Å². The highest BCUT2D eigenvalue weighted by Gasteiger charge is 2.13. The molecule has 22 heavy (non-hydrogen) atoms. The molecule has 0 saturated heterocycles. The van der Waals surface area contributed by atoms with E-state index in [0.717, 1.165) is 11.3 Å². The Kier molecular flexibility index (Phi) is 2.79. The molecule has 0 fully saturated rings. The fraction of sp³-hybridized carbons (Fsp3) is 0.0526. The molecule has 0 amide bonds. The molecule has 2 aromatic heterocycles. The van der Waals surface area contributed by atoms with Gasteiger partial charge in [-0.15, -0.1) is 0 Å². The normalized spacial score (nSPS) is 11.1. The Bertz CT molecular complexity index is 960. The third kappa shape index (κ3) is 1.91. The second kappa shape index (κ2) is 4.81. The Balaban J connectivity index is 1.96. The molecule has 3 nitrogen and oxygen atoms in total. The SMILES string of the molecule is Cn1cc(-c2c[nH]cc2-c2cccc(N)c2)c2ccccc21. The molecule has 0 bridgehead atoms. The van der Waals surface area contributed by atoms with Crippen LogP contribution in [0.4, 0.5) is 5.69 Å². The number of hydrogen-bond donors (Lipinski definition) is 2. The first-order valence-electron chi connectivity index (χ1n) is 7.31. The maximum absolute atomic E-state index is 5.93. The maximum atomic E-state index is 5.93. The smallest absolute Gasteiger partial charge is 0.0484 e. The lowest BCUT2D eigenvalue weighted by Gasteiger charge is -2.04. The summed E-state index contributed by atoms with van der Waals surface area (Å²) in [5, 5.41) is 1.26. The quantitative estimate of drug-likeness (QED) is 0.527. The van der Waals surface area contributed by atoms with Crippen LogP contribution >= 0.6 is 0 Å². The van der Waals surface area contributed by atoms with Gasteiger partial charge in [-0.2, -0.15) is 0 Å². The van der Waals surface area contributed by atoms with Gasteiger partial charge in [-0.3, -0.25) is 0 Å². The minimum atomic E-state index is 0.780. The van der Waals surface area contributed by atoms with Crippen LogP contribution in [-0.4, -0.2) is 9.55 Å². The van der Waals surface area contributed by atoms with Crippen molar-refractivity contribution in [3.8, 4) is 22.3 Å². The van der Waals surface area contributed by atoms with Gasteiger partial charge in [0.05, 0.1) is 0 Å². The van der Waals surface area contributed by atoms with E-state index in [9.17, 15) is 0 Å². The third-order valence-electron chi connectivity index (χ3n) is 4.13. The van der Waals surface area contributed by atoms with Crippen LogP contribution in [0.1, 0.15) is 0 Å². The lowest BCUT2D eigenvalue weighted by atomic mass is 9.98. The number of fused-ring (bicyclic) bond motifs is 1. The van der Waals surface area contributed by atoms with E-state index in [4.69, 9.17) is 5.73 Å². The first-order chi connectivity index (χ1) is 10.7.